The second kappa shape index (κ2) is 7.43. The maximum Gasteiger partial charge on any atom is 0.177 e. The quantitative estimate of drug-likeness (QED) is 0.414. The first-order valence-electron chi connectivity index (χ1n) is 7.83. The van der Waals surface area contributed by atoms with Gasteiger partial charge >= 0.3 is 0 Å². The molecule has 0 aliphatic rings. The van der Waals surface area contributed by atoms with Crippen molar-refractivity contribution in [3.8, 4) is 11.8 Å². The first-order chi connectivity index (χ1) is 13.2. The van der Waals surface area contributed by atoms with Crippen LogP contribution in [0.1, 0.15) is 11.1 Å². The average molecular weight is 379 g/mol. The van der Waals surface area contributed by atoms with Crippen molar-refractivity contribution in [1.82, 2.24) is 19.9 Å². The van der Waals surface area contributed by atoms with E-state index in [9.17, 15) is 8.78 Å². The van der Waals surface area contributed by atoms with Crippen molar-refractivity contribution in [3.63, 3.8) is 0 Å². The molecule has 4 aromatic rings. The van der Waals surface area contributed by atoms with Gasteiger partial charge in [-0.2, -0.15) is 0 Å². The van der Waals surface area contributed by atoms with Crippen LogP contribution in [-0.2, 0) is 0 Å². The molecule has 3 heterocycles. The number of aromatic nitrogens is 4. The number of benzene rings is 1. The number of nitrogens with zero attached hydrogens (tertiary/aromatic N) is 3. The summed E-state index contributed by atoms with van der Waals surface area (Å²) in [6.07, 6.45) is 6.31. The topological polar surface area (TPSA) is 66.5 Å². The molecule has 0 amide bonds. The van der Waals surface area contributed by atoms with E-state index in [1.165, 1.54) is 36.6 Å². The number of aromatic amines is 1. The molecular formula is C19H11F2N5S. The van der Waals surface area contributed by atoms with Gasteiger partial charge < -0.3 is 9.71 Å². The molecule has 0 saturated carbocycles. The molecule has 0 aliphatic heterocycles. The highest BCUT2D eigenvalue weighted by molar-refractivity contribution is 8.00. The van der Waals surface area contributed by atoms with Gasteiger partial charge in [-0.3, -0.25) is 4.98 Å². The molecule has 0 atom stereocenters. The van der Waals surface area contributed by atoms with Crippen LogP contribution in [0, 0.1) is 23.5 Å². The summed E-state index contributed by atoms with van der Waals surface area (Å²) in [5, 5.41) is 0. The number of rotatable bonds is 3. The van der Waals surface area contributed by atoms with E-state index in [1.54, 1.807) is 24.5 Å². The third-order valence-corrected chi connectivity index (χ3v) is 4.41. The van der Waals surface area contributed by atoms with Gasteiger partial charge in [-0.05, 0) is 42.3 Å². The summed E-state index contributed by atoms with van der Waals surface area (Å²) in [7, 11) is 0. The third-order valence-electron chi connectivity index (χ3n) is 3.61. The van der Waals surface area contributed by atoms with Crippen LogP contribution in [0.15, 0.2) is 60.1 Å². The van der Waals surface area contributed by atoms with E-state index < -0.39 is 11.6 Å². The van der Waals surface area contributed by atoms with Crippen LogP contribution in [0.25, 0.3) is 11.2 Å². The lowest BCUT2D eigenvalue weighted by molar-refractivity contribution is 0.580. The van der Waals surface area contributed by atoms with E-state index >= 15 is 0 Å². The number of hydrogen-bond donors (Lipinski definition) is 2. The Kier molecular flexibility index (Phi) is 4.68. The summed E-state index contributed by atoms with van der Waals surface area (Å²) in [5.41, 5.74) is 1.60. The van der Waals surface area contributed by atoms with Gasteiger partial charge in [0.05, 0.1) is 23.1 Å². The predicted molar refractivity (Wildman–Crippen MR) is 99.9 cm³/mol. The zero-order valence-electron chi connectivity index (χ0n) is 13.7. The Morgan fingerprint density at radius 3 is 2.85 bits per heavy atom. The number of pyridine rings is 2. The first-order valence-corrected chi connectivity index (χ1v) is 8.64. The molecule has 3 aromatic heterocycles. The van der Waals surface area contributed by atoms with Crippen molar-refractivity contribution in [1.29, 1.82) is 0 Å². The molecule has 5 nitrogen and oxygen atoms in total. The Balaban J connectivity index is 1.61. The number of hydrogen-bond acceptors (Lipinski definition) is 5. The minimum absolute atomic E-state index is 0.136. The summed E-state index contributed by atoms with van der Waals surface area (Å²) < 4.78 is 31.6. The second-order valence-electron chi connectivity index (χ2n) is 5.42. The third kappa shape index (κ3) is 3.73. The Morgan fingerprint density at radius 1 is 1.07 bits per heavy atom. The van der Waals surface area contributed by atoms with E-state index in [4.69, 9.17) is 0 Å². The number of fused-ring (bicyclic) bond motifs is 1. The molecule has 2 N–H and O–H groups in total. The smallest absolute Gasteiger partial charge is 0.177 e. The predicted octanol–water partition coefficient (Wildman–Crippen LogP) is 4.15. The van der Waals surface area contributed by atoms with Crippen LogP contribution in [0.5, 0.6) is 0 Å². The van der Waals surface area contributed by atoms with Gasteiger partial charge in [-0.1, -0.05) is 11.8 Å². The molecular weight excluding hydrogens is 368 g/mol. The fraction of sp³-hybridized carbons (Fsp3) is 0. The molecule has 0 aliphatic carbocycles. The molecule has 0 saturated heterocycles. The molecule has 27 heavy (non-hydrogen) atoms. The van der Waals surface area contributed by atoms with Gasteiger partial charge in [0.2, 0.25) is 0 Å². The van der Waals surface area contributed by atoms with Gasteiger partial charge in [-0.15, -0.1) is 0 Å². The first kappa shape index (κ1) is 17.0. The van der Waals surface area contributed by atoms with Gasteiger partial charge in [-0.25, -0.2) is 18.7 Å². The zero-order chi connectivity index (χ0) is 18.6. The summed E-state index contributed by atoms with van der Waals surface area (Å²) in [4.78, 5) is 15.8. The molecule has 0 bridgehead atoms. The maximum absolute atomic E-state index is 14.7. The van der Waals surface area contributed by atoms with E-state index in [0.29, 0.717) is 16.7 Å². The van der Waals surface area contributed by atoms with Crippen LogP contribution in [0.4, 0.5) is 14.5 Å². The van der Waals surface area contributed by atoms with Crippen molar-refractivity contribution < 1.29 is 8.78 Å². The van der Waals surface area contributed by atoms with Crippen LogP contribution < -0.4 is 4.72 Å². The lowest BCUT2D eigenvalue weighted by Gasteiger charge is -2.08. The van der Waals surface area contributed by atoms with Crippen molar-refractivity contribution in [2.45, 2.75) is 4.90 Å². The Hall–Kier alpha value is -3.44. The van der Waals surface area contributed by atoms with Crippen molar-refractivity contribution in [3.05, 3.63) is 78.0 Å². The zero-order valence-corrected chi connectivity index (χ0v) is 14.5. The van der Waals surface area contributed by atoms with Gasteiger partial charge in [0.1, 0.15) is 5.82 Å². The minimum atomic E-state index is -0.755. The summed E-state index contributed by atoms with van der Waals surface area (Å²) in [6, 6.07) is 7.82. The van der Waals surface area contributed by atoms with Crippen LogP contribution in [-0.4, -0.2) is 19.9 Å². The number of halogens is 2. The maximum atomic E-state index is 14.7. The van der Waals surface area contributed by atoms with Gasteiger partial charge in [0.25, 0.3) is 0 Å². The molecule has 0 unspecified atom stereocenters. The Labute approximate surface area is 157 Å². The van der Waals surface area contributed by atoms with Crippen LogP contribution >= 0.6 is 11.9 Å². The van der Waals surface area contributed by atoms with Crippen LogP contribution in [0.3, 0.4) is 0 Å². The molecule has 0 spiro atoms. The Morgan fingerprint density at radius 2 is 2.00 bits per heavy atom. The molecule has 132 valence electrons. The highest BCUT2D eigenvalue weighted by atomic mass is 32.2. The number of H-pyrrole nitrogens is 1. The number of anilines is 1. The van der Waals surface area contributed by atoms with E-state index in [1.807, 2.05) is 6.07 Å². The molecule has 8 heteroatoms. The monoisotopic (exact) mass is 379 g/mol. The fourth-order valence-corrected chi connectivity index (χ4v) is 2.95. The van der Waals surface area contributed by atoms with E-state index in [0.717, 1.165) is 4.90 Å². The normalized spacial score (nSPS) is 10.4. The highest BCUT2D eigenvalue weighted by Crippen LogP contribution is 2.26. The Bertz CT molecular complexity index is 1170. The number of imidazole rings is 1. The lowest BCUT2D eigenvalue weighted by atomic mass is 10.1. The molecule has 4 rings (SSSR count). The van der Waals surface area contributed by atoms with E-state index in [-0.39, 0.29) is 11.3 Å². The SMILES string of the molecule is Fc1ccc(NSc2cccnc2)c(F)c1C#Cc1cnc2nc[nH]c2c1. The highest BCUT2D eigenvalue weighted by Gasteiger charge is 2.12. The second-order valence-corrected chi connectivity index (χ2v) is 6.30. The van der Waals surface area contributed by atoms with E-state index in [2.05, 4.69) is 36.5 Å². The largest absolute Gasteiger partial charge is 0.343 e. The summed E-state index contributed by atoms with van der Waals surface area (Å²) in [5.74, 6) is 3.81. The summed E-state index contributed by atoms with van der Waals surface area (Å²) >= 11 is 1.17. The molecule has 0 radical (unpaired) electrons. The van der Waals surface area contributed by atoms with Crippen molar-refractivity contribution in [2.75, 3.05) is 4.72 Å². The van der Waals surface area contributed by atoms with Gasteiger partial charge in [0, 0.05) is 29.0 Å². The summed E-state index contributed by atoms with van der Waals surface area (Å²) in [6.45, 7) is 0. The lowest BCUT2D eigenvalue weighted by Crippen LogP contribution is -1.97. The van der Waals surface area contributed by atoms with Crippen LogP contribution in [0.2, 0.25) is 0 Å². The molecule has 0 fully saturated rings. The average Bonchev–Trinajstić information content (AvgIpc) is 3.16. The molecule has 1 aromatic carbocycles. The number of nitrogens with one attached hydrogen (secondary N) is 2. The minimum Gasteiger partial charge on any atom is -0.343 e. The van der Waals surface area contributed by atoms with Crippen molar-refractivity contribution in [2.24, 2.45) is 0 Å². The fourth-order valence-electron chi connectivity index (χ4n) is 2.30. The standard InChI is InChI=1S/C19H11F2N5S/c20-15-5-6-16(26-27-13-2-1-7-22-10-13)18(21)14(15)4-3-12-8-17-19(23-9-12)25-11-24-17/h1-2,5-11,26H,(H,23,24,25). The van der Waals surface area contributed by atoms with Crippen molar-refractivity contribution >= 4 is 28.8 Å². The van der Waals surface area contributed by atoms with Gasteiger partial charge in [0.15, 0.2) is 11.5 Å².